The number of unbranched alkanes of at least 4 members (excludes halogenated alkanes) is 9. The summed E-state index contributed by atoms with van der Waals surface area (Å²) >= 11 is 0. The molecule has 3 nitrogen and oxygen atoms in total. The molecule has 0 aliphatic heterocycles. The van der Waals surface area contributed by atoms with Crippen molar-refractivity contribution in [1.29, 1.82) is 0 Å². The zero-order valence-corrected chi connectivity index (χ0v) is 15.8. The number of hydrogen-bond donors (Lipinski definition) is 1. The van der Waals surface area contributed by atoms with Crippen molar-refractivity contribution in [3.63, 3.8) is 0 Å². The van der Waals surface area contributed by atoms with Crippen LogP contribution in [0.2, 0.25) is 0 Å². The number of rotatable bonds is 14. The van der Waals surface area contributed by atoms with Gasteiger partial charge in [0, 0.05) is 12.8 Å². The van der Waals surface area contributed by atoms with Crippen molar-refractivity contribution in [1.82, 2.24) is 0 Å². The van der Waals surface area contributed by atoms with Gasteiger partial charge < -0.3 is 9.84 Å². The number of hydrogen-bond acceptors (Lipinski definition) is 3. The van der Waals surface area contributed by atoms with Crippen molar-refractivity contribution < 1.29 is 23.4 Å². The Labute approximate surface area is 151 Å². The highest BCUT2D eigenvalue weighted by atomic mass is 19.3. The summed E-state index contributed by atoms with van der Waals surface area (Å²) in [5, 5.41) is 9.49. The highest BCUT2D eigenvalue weighted by Crippen LogP contribution is 2.24. The minimum absolute atomic E-state index is 0.0842. The maximum absolute atomic E-state index is 13.5. The number of aliphatic hydroxyl groups excluding tert-OH is 1. The van der Waals surface area contributed by atoms with Crippen LogP contribution in [0.1, 0.15) is 90.9 Å². The fourth-order valence-electron chi connectivity index (χ4n) is 2.42. The summed E-state index contributed by atoms with van der Waals surface area (Å²) in [6.45, 7) is 3.50. The van der Waals surface area contributed by atoms with E-state index >= 15 is 0 Å². The molecular weight excluding hydrogens is 326 g/mol. The van der Waals surface area contributed by atoms with Crippen LogP contribution in [-0.4, -0.2) is 29.7 Å². The standard InChI is InChI=1S/C20H34F2O3/c1-3-5-6-7-8-9-10-11-12-13-14-15-16-17-18(23)20(21,22)19(24)25-4-2/h18,23H,3-6,9-17H2,1-2H3. The molecule has 0 amide bonds. The molecule has 0 radical (unpaired) electrons. The van der Waals surface area contributed by atoms with Gasteiger partial charge in [-0.1, -0.05) is 51.9 Å². The molecule has 0 aliphatic carbocycles. The Balaban J connectivity index is 3.57. The molecule has 1 atom stereocenters. The molecule has 1 N–H and O–H groups in total. The summed E-state index contributed by atoms with van der Waals surface area (Å²) in [4.78, 5) is 11.1. The van der Waals surface area contributed by atoms with Gasteiger partial charge in [-0.25, -0.2) is 4.79 Å². The Morgan fingerprint density at radius 2 is 1.48 bits per heavy atom. The lowest BCUT2D eigenvalue weighted by Crippen LogP contribution is -2.42. The smallest absolute Gasteiger partial charge is 0.379 e. The molecule has 0 rings (SSSR count). The first-order valence-electron chi connectivity index (χ1n) is 9.65. The lowest BCUT2D eigenvalue weighted by Gasteiger charge is -2.20. The average Bonchev–Trinajstić information content (AvgIpc) is 2.58. The van der Waals surface area contributed by atoms with Crippen molar-refractivity contribution in [2.24, 2.45) is 0 Å². The van der Waals surface area contributed by atoms with Gasteiger partial charge in [0.2, 0.25) is 0 Å². The summed E-state index contributed by atoms with van der Waals surface area (Å²) in [5.41, 5.74) is 0. The van der Waals surface area contributed by atoms with Crippen LogP contribution in [0.5, 0.6) is 0 Å². The Hall–Kier alpha value is -1.15. The van der Waals surface area contributed by atoms with Crippen LogP contribution in [0.15, 0.2) is 0 Å². The fourth-order valence-corrected chi connectivity index (χ4v) is 2.42. The van der Waals surface area contributed by atoms with E-state index in [0.717, 1.165) is 51.4 Å². The van der Waals surface area contributed by atoms with Gasteiger partial charge in [-0.3, -0.25) is 0 Å². The van der Waals surface area contributed by atoms with Crippen LogP contribution < -0.4 is 0 Å². The summed E-state index contributed by atoms with van der Waals surface area (Å²) in [7, 11) is 0. The zero-order valence-electron chi connectivity index (χ0n) is 15.8. The maximum atomic E-state index is 13.5. The number of carbonyl (C=O) groups excluding carboxylic acids is 1. The molecule has 0 fully saturated rings. The molecule has 0 saturated carbocycles. The average molecular weight is 360 g/mol. The van der Waals surface area contributed by atoms with Crippen molar-refractivity contribution >= 4 is 5.97 Å². The Kier molecular flexibility index (Phi) is 14.4. The fraction of sp³-hybridized carbons (Fsp3) is 0.850. The van der Waals surface area contributed by atoms with E-state index in [1.165, 1.54) is 19.8 Å². The predicted octanol–water partition coefficient (Wildman–Crippen LogP) is 5.25. The minimum atomic E-state index is -3.81. The summed E-state index contributed by atoms with van der Waals surface area (Å²) < 4.78 is 31.3. The molecule has 0 aromatic carbocycles. The normalized spacial score (nSPS) is 12.4. The SMILES string of the molecule is CCCCC#CCCCCCCCCCC(O)C(F)(F)C(=O)OCC. The van der Waals surface area contributed by atoms with Crippen molar-refractivity contribution in [2.45, 2.75) is 103 Å². The molecule has 0 aromatic heterocycles. The zero-order chi connectivity index (χ0) is 19.0. The number of halogens is 2. The van der Waals surface area contributed by atoms with Crippen LogP contribution in [0.25, 0.3) is 0 Å². The van der Waals surface area contributed by atoms with E-state index in [1.807, 2.05) is 0 Å². The topological polar surface area (TPSA) is 46.5 Å². The summed E-state index contributed by atoms with van der Waals surface area (Å²) in [6, 6.07) is 0. The van der Waals surface area contributed by atoms with Crippen molar-refractivity contribution in [3.8, 4) is 11.8 Å². The van der Waals surface area contributed by atoms with Gasteiger partial charge in [0.1, 0.15) is 6.10 Å². The number of esters is 1. The summed E-state index contributed by atoms with van der Waals surface area (Å²) in [6.07, 6.45) is 8.94. The van der Waals surface area contributed by atoms with E-state index in [-0.39, 0.29) is 13.0 Å². The molecule has 0 saturated heterocycles. The van der Waals surface area contributed by atoms with E-state index < -0.39 is 18.0 Å². The van der Waals surface area contributed by atoms with Crippen LogP contribution in [0, 0.1) is 11.8 Å². The third kappa shape index (κ3) is 11.9. The number of ether oxygens (including phenoxy) is 1. The number of aliphatic hydroxyl groups is 1. The highest BCUT2D eigenvalue weighted by Gasteiger charge is 2.47. The largest absolute Gasteiger partial charge is 0.461 e. The highest BCUT2D eigenvalue weighted by molar-refractivity contribution is 5.78. The van der Waals surface area contributed by atoms with Crippen molar-refractivity contribution in [3.05, 3.63) is 0 Å². The molecule has 0 aliphatic rings. The number of alkyl halides is 2. The molecular formula is C20H34F2O3. The first kappa shape index (κ1) is 23.9. The van der Waals surface area contributed by atoms with Gasteiger partial charge in [0.25, 0.3) is 0 Å². The number of carbonyl (C=O) groups is 1. The Morgan fingerprint density at radius 1 is 0.960 bits per heavy atom. The van der Waals surface area contributed by atoms with Crippen LogP contribution in [0.3, 0.4) is 0 Å². The molecule has 5 heteroatoms. The first-order valence-corrected chi connectivity index (χ1v) is 9.65. The quantitative estimate of drug-likeness (QED) is 0.261. The molecule has 0 bridgehead atoms. The van der Waals surface area contributed by atoms with Gasteiger partial charge in [-0.2, -0.15) is 8.78 Å². The van der Waals surface area contributed by atoms with Crippen molar-refractivity contribution in [2.75, 3.05) is 6.61 Å². The molecule has 1 unspecified atom stereocenters. The first-order chi connectivity index (χ1) is 12.0. The molecule has 146 valence electrons. The second-order valence-electron chi connectivity index (χ2n) is 6.33. The van der Waals surface area contributed by atoms with E-state index in [0.29, 0.717) is 6.42 Å². The molecule has 0 heterocycles. The van der Waals surface area contributed by atoms with E-state index in [4.69, 9.17) is 0 Å². The van der Waals surface area contributed by atoms with Gasteiger partial charge in [0.15, 0.2) is 0 Å². The third-order valence-electron chi connectivity index (χ3n) is 4.03. The van der Waals surface area contributed by atoms with E-state index in [1.54, 1.807) is 0 Å². The van der Waals surface area contributed by atoms with Gasteiger partial charge in [0.05, 0.1) is 6.61 Å². The maximum Gasteiger partial charge on any atom is 0.379 e. The monoisotopic (exact) mass is 360 g/mol. The summed E-state index contributed by atoms with van der Waals surface area (Å²) in [5.74, 6) is 0.915. The molecule has 25 heavy (non-hydrogen) atoms. The third-order valence-corrected chi connectivity index (χ3v) is 4.03. The van der Waals surface area contributed by atoms with Crippen LogP contribution >= 0.6 is 0 Å². The van der Waals surface area contributed by atoms with Crippen LogP contribution in [0.4, 0.5) is 8.78 Å². The molecule has 0 aromatic rings. The minimum Gasteiger partial charge on any atom is -0.461 e. The second-order valence-corrected chi connectivity index (χ2v) is 6.33. The molecule has 0 spiro atoms. The Bertz CT molecular complexity index is 399. The lowest BCUT2D eigenvalue weighted by molar-refractivity contribution is -0.188. The van der Waals surface area contributed by atoms with E-state index in [2.05, 4.69) is 23.5 Å². The van der Waals surface area contributed by atoms with E-state index in [9.17, 15) is 18.7 Å². The van der Waals surface area contributed by atoms with Gasteiger partial charge in [-0.15, -0.1) is 11.8 Å². The van der Waals surface area contributed by atoms with Gasteiger partial charge >= 0.3 is 11.9 Å². The second kappa shape index (κ2) is 15.1. The van der Waals surface area contributed by atoms with Gasteiger partial charge in [-0.05, 0) is 26.2 Å². The predicted molar refractivity (Wildman–Crippen MR) is 96.4 cm³/mol. The van der Waals surface area contributed by atoms with Crippen LogP contribution in [-0.2, 0) is 9.53 Å². The Morgan fingerprint density at radius 3 is 2.04 bits per heavy atom. The lowest BCUT2D eigenvalue weighted by atomic mass is 10.0.